The predicted octanol–water partition coefficient (Wildman–Crippen LogP) is 2.27. The van der Waals surface area contributed by atoms with Gasteiger partial charge in [0.25, 0.3) is 0 Å². The molecule has 15 heavy (non-hydrogen) atoms. The Morgan fingerprint density at radius 3 is 2.80 bits per heavy atom. The van der Waals surface area contributed by atoms with Crippen molar-refractivity contribution in [2.45, 2.75) is 23.8 Å². The van der Waals surface area contributed by atoms with Crippen LogP contribution in [0.4, 0.5) is 0 Å². The Morgan fingerprint density at radius 1 is 1.53 bits per heavy atom. The third kappa shape index (κ3) is 3.57. The highest BCUT2D eigenvalue weighted by Gasteiger charge is 2.11. The standard InChI is InChI=1S/C11H15NO2S/c1-15-10-5-3-2-4-8(10)9(12)6-7-11(13)14/h2-5,9H,6-7,12H2,1H3,(H,13,14). The fourth-order valence-corrected chi connectivity index (χ4v) is 2.08. The number of carboxylic acids is 1. The SMILES string of the molecule is CSc1ccccc1C(N)CCC(=O)O. The Morgan fingerprint density at radius 2 is 2.20 bits per heavy atom. The maximum atomic E-state index is 10.4. The summed E-state index contributed by atoms with van der Waals surface area (Å²) in [5.74, 6) is -0.799. The largest absolute Gasteiger partial charge is 0.481 e. The maximum absolute atomic E-state index is 10.4. The summed E-state index contributed by atoms with van der Waals surface area (Å²) in [5.41, 5.74) is 6.98. The quantitative estimate of drug-likeness (QED) is 0.755. The van der Waals surface area contributed by atoms with Crippen LogP contribution in [0.3, 0.4) is 0 Å². The van der Waals surface area contributed by atoms with Gasteiger partial charge in [-0.25, -0.2) is 0 Å². The van der Waals surface area contributed by atoms with Crippen LogP contribution in [-0.2, 0) is 4.79 Å². The minimum atomic E-state index is -0.799. The summed E-state index contributed by atoms with van der Waals surface area (Å²) in [4.78, 5) is 11.5. The van der Waals surface area contributed by atoms with E-state index in [0.29, 0.717) is 6.42 Å². The third-order valence-corrected chi connectivity index (χ3v) is 3.02. The zero-order valence-electron chi connectivity index (χ0n) is 8.64. The molecule has 0 saturated heterocycles. The lowest BCUT2D eigenvalue weighted by Crippen LogP contribution is -2.13. The van der Waals surface area contributed by atoms with E-state index in [-0.39, 0.29) is 12.5 Å². The minimum absolute atomic E-state index is 0.115. The molecule has 0 spiro atoms. The topological polar surface area (TPSA) is 63.3 Å². The second kappa shape index (κ2) is 5.78. The van der Waals surface area contributed by atoms with Gasteiger partial charge in [-0.05, 0) is 24.3 Å². The summed E-state index contributed by atoms with van der Waals surface area (Å²) in [7, 11) is 0. The van der Waals surface area contributed by atoms with E-state index in [9.17, 15) is 4.79 Å². The van der Waals surface area contributed by atoms with Crippen LogP contribution < -0.4 is 5.73 Å². The Kier molecular flexibility index (Phi) is 4.65. The average Bonchev–Trinajstić information content (AvgIpc) is 2.25. The number of hydrogen-bond acceptors (Lipinski definition) is 3. The van der Waals surface area contributed by atoms with Gasteiger partial charge in [0.05, 0.1) is 0 Å². The molecule has 0 saturated carbocycles. The number of benzene rings is 1. The van der Waals surface area contributed by atoms with Gasteiger partial charge in [-0.1, -0.05) is 18.2 Å². The lowest BCUT2D eigenvalue weighted by atomic mass is 10.0. The number of aliphatic carboxylic acids is 1. The first-order chi connectivity index (χ1) is 7.15. The van der Waals surface area contributed by atoms with Crippen LogP contribution in [0.1, 0.15) is 24.4 Å². The van der Waals surface area contributed by atoms with Crippen molar-refractivity contribution in [1.29, 1.82) is 0 Å². The van der Waals surface area contributed by atoms with Crippen molar-refractivity contribution < 1.29 is 9.90 Å². The van der Waals surface area contributed by atoms with Crippen molar-refractivity contribution in [2.24, 2.45) is 5.73 Å². The molecule has 0 heterocycles. The number of carbonyl (C=O) groups is 1. The summed E-state index contributed by atoms with van der Waals surface area (Å²) < 4.78 is 0. The van der Waals surface area contributed by atoms with E-state index in [0.717, 1.165) is 10.5 Å². The van der Waals surface area contributed by atoms with E-state index in [1.165, 1.54) is 0 Å². The Hall–Kier alpha value is -1.00. The molecule has 1 aromatic carbocycles. The molecule has 0 aliphatic rings. The van der Waals surface area contributed by atoms with Crippen molar-refractivity contribution in [3.63, 3.8) is 0 Å². The highest BCUT2D eigenvalue weighted by atomic mass is 32.2. The molecule has 0 radical (unpaired) electrons. The molecule has 3 nitrogen and oxygen atoms in total. The van der Waals surface area contributed by atoms with Gasteiger partial charge in [0.15, 0.2) is 0 Å². The van der Waals surface area contributed by atoms with Crippen molar-refractivity contribution in [3.05, 3.63) is 29.8 Å². The zero-order valence-corrected chi connectivity index (χ0v) is 9.46. The van der Waals surface area contributed by atoms with Gasteiger partial charge < -0.3 is 10.8 Å². The number of carboxylic acid groups (broad SMARTS) is 1. The van der Waals surface area contributed by atoms with Gasteiger partial charge in [0, 0.05) is 17.4 Å². The highest BCUT2D eigenvalue weighted by Crippen LogP contribution is 2.26. The van der Waals surface area contributed by atoms with Gasteiger partial charge in [-0.2, -0.15) is 0 Å². The van der Waals surface area contributed by atoms with Crippen LogP contribution in [0.25, 0.3) is 0 Å². The smallest absolute Gasteiger partial charge is 0.303 e. The van der Waals surface area contributed by atoms with Gasteiger partial charge in [-0.3, -0.25) is 4.79 Å². The summed E-state index contributed by atoms with van der Waals surface area (Å²) in [6, 6.07) is 7.65. The molecule has 0 bridgehead atoms. The summed E-state index contributed by atoms with van der Waals surface area (Å²) >= 11 is 1.63. The molecule has 1 unspecified atom stereocenters. The second-order valence-electron chi connectivity index (χ2n) is 3.28. The van der Waals surface area contributed by atoms with Crippen molar-refractivity contribution >= 4 is 17.7 Å². The van der Waals surface area contributed by atoms with Gasteiger partial charge in [0.2, 0.25) is 0 Å². The Balaban J connectivity index is 2.72. The predicted molar refractivity (Wildman–Crippen MR) is 62.0 cm³/mol. The number of nitrogens with two attached hydrogens (primary N) is 1. The third-order valence-electron chi connectivity index (χ3n) is 2.21. The van der Waals surface area contributed by atoms with Gasteiger partial charge >= 0.3 is 5.97 Å². The fraction of sp³-hybridized carbons (Fsp3) is 0.364. The van der Waals surface area contributed by atoms with Crippen molar-refractivity contribution in [1.82, 2.24) is 0 Å². The van der Waals surface area contributed by atoms with Crippen LogP contribution in [-0.4, -0.2) is 17.3 Å². The van der Waals surface area contributed by atoms with E-state index in [1.807, 2.05) is 30.5 Å². The number of thioether (sulfide) groups is 1. The molecule has 0 aliphatic carbocycles. The number of hydrogen-bond donors (Lipinski definition) is 2. The summed E-state index contributed by atoms with van der Waals surface area (Å²) in [6.45, 7) is 0. The molecular formula is C11H15NO2S. The normalized spacial score (nSPS) is 12.4. The van der Waals surface area contributed by atoms with Crippen LogP contribution in [0.2, 0.25) is 0 Å². The highest BCUT2D eigenvalue weighted by molar-refractivity contribution is 7.98. The van der Waals surface area contributed by atoms with Crippen LogP contribution in [0.5, 0.6) is 0 Å². The fourth-order valence-electron chi connectivity index (χ4n) is 1.41. The molecule has 0 aliphatic heterocycles. The molecular weight excluding hydrogens is 210 g/mol. The molecule has 1 aromatic rings. The van der Waals surface area contributed by atoms with E-state index < -0.39 is 5.97 Å². The van der Waals surface area contributed by atoms with Crippen molar-refractivity contribution in [2.75, 3.05) is 6.26 Å². The van der Waals surface area contributed by atoms with E-state index in [4.69, 9.17) is 10.8 Å². The average molecular weight is 225 g/mol. The molecule has 82 valence electrons. The zero-order chi connectivity index (χ0) is 11.3. The second-order valence-corrected chi connectivity index (χ2v) is 4.13. The molecule has 0 fully saturated rings. The Labute approximate surface area is 93.7 Å². The van der Waals surface area contributed by atoms with E-state index >= 15 is 0 Å². The lowest BCUT2D eigenvalue weighted by Gasteiger charge is -2.14. The summed E-state index contributed by atoms with van der Waals surface area (Å²) in [5, 5.41) is 8.58. The van der Waals surface area contributed by atoms with E-state index in [1.54, 1.807) is 11.8 Å². The van der Waals surface area contributed by atoms with Gasteiger partial charge in [0.1, 0.15) is 0 Å². The molecule has 3 N–H and O–H groups in total. The monoisotopic (exact) mass is 225 g/mol. The molecule has 1 rings (SSSR count). The summed E-state index contributed by atoms with van der Waals surface area (Å²) in [6.07, 6.45) is 2.58. The molecule has 0 amide bonds. The van der Waals surface area contributed by atoms with Crippen LogP contribution >= 0.6 is 11.8 Å². The van der Waals surface area contributed by atoms with Crippen LogP contribution in [0.15, 0.2) is 29.2 Å². The molecule has 1 atom stereocenters. The minimum Gasteiger partial charge on any atom is -0.481 e. The van der Waals surface area contributed by atoms with Gasteiger partial charge in [-0.15, -0.1) is 11.8 Å². The first kappa shape index (κ1) is 12.1. The first-order valence-corrected chi connectivity index (χ1v) is 5.98. The van der Waals surface area contributed by atoms with E-state index in [2.05, 4.69) is 0 Å². The first-order valence-electron chi connectivity index (χ1n) is 4.75. The molecule has 0 aromatic heterocycles. The number of rotatable bonds is 5. The molecule has 4 heteroatoms. The maximum Gasteiger partial charge on any atom is 0.303 e. The van der Waals surface area contributed by atoms with Crippen molar-refractivity contribution in [3.8, 4) is 0 Å². The van der Waals surface area contributed by atoms with Crippen LogP contribution in [0, 0.1) is 0 Å². The Bertz CT molecular complexity index is 341. The lowest BCUT2D eigenvalue weighted by molar-refractivity contribution is -0.137.